The fraction of sp³-hybridized carbons (Fsp3) is 0.500. The summed E-state index contributed by atoms with van der Waals surface area (Å²) in [6.45, 7) is 2.78. The molecular formula is C12H16ClN3O2. The fourth-order valence-electron chi connectivity index (χ4n) is 1.95. The maximum absolute atomic E-state index is 12.2. The minimum absolute atomic E-state index is 0.179. The fourth-order valence-corrected chi connectivity index (χ4v) is 2.13. The Bertz CT molecular complexity index is 466. The van der Waals surface area contributed by atoms with E-state index in [4.69, 9.17) is 17.3 Å². The second-order valence-corrected chi connectivity index (χ2v) is 5.26. The molecule has 2 heterocycles. The van der Waals surface area contributed by atoms with Crippen molar-refractivity contribution in [1.29, 1.82) is 0 Å². The van der Waals surface area contributed by atoms with Gasteiger partial charge in [0.05, 0.1) is 10.6 Å². The number of likely N-dealkylation sites (tertiary alicyclic amines) is 1. The molecule has 0 aromatic carbocycles. The van der Waals surface area contributed by atoms with E-state index in [1.807, 2.05) is 0 Å². The number of carbonyl (C=O) groups excluding carboxylic acids is 1. The van der Waals surface area contributed by atoms with Crippen LogP contribution in [-0.2, 0) is 0 Å². The number of anilines is 1. The normalized spacial score (nSPS) is 18.7. The number of pyridine rings is 1. The van der Waals surface area contributed by atoms with Gasteiger partial charge in [0.2, 0.25) is 0 Å². The van der Waals surface area contributed by atoms with Gasteiger partial charge < -0.3 is 15.7 Å². The molecule has 1 fully saturated rings. The predicted octanol–water partition coefficient (Wildman–Crippen LogP) is 1.30. The zero-order chi connectivity index (χ0) is 13.3. The van der Waals surface area contributed by atoms with Crippen LogP contribution in [-0.4, -0.2) is 39.6 Å². The Morgan fingerprint density at radius 1 is 1.50 bits per heavy atom. The van der Waals surface area contributed by atoms with Gasteiger partial charge in [-0.2, -0.15) is 0 Å². The van der Waals surface area contributed by atoms with Crippen molar-refractivity contribution < 1.29 is 9.90 Å². The molecule has 0 bridgehead atoms. The molecule has 18 heavy (non-hydrogen) atoms. The molecule has 0 radical (unpaired) electrons. The van der Waals surface area contributed by atoms with E-state index in [9.17, 15) is 9.90 Å². The predicted molar refractivity (Wildman–Crippen MR) is 69.4 cm³/mol. The minimum atomic E-state index is -0.691. The van der Waals surface area contributed by atoms with E-state index in [-0.39, 0.29) is 17.4 Å². The summed E-state index contributed by atoms with van der Waals surface area (Å²) in [5.74, 6) is 0.0366. The van der Waals surface area contributed by atoms with Gasteiger partial charge in [-0.3, -0.25) is 4.79 Å². The number of halogens is 1. The highest BCUT2D eigenvalue weighted by Gasteiger charge is 2.31. The van der Waals surface area contributed by atoms with Crippen LogP contribution in [0.2, 0.25) is 5.02 Å². The van der Waals surface area contributed by atoms with Crippen LogP contribution >= 0.6 is 11.6 Å². The van der Waals surface area contributed by atoms with Gasteiger partial charge in [0.15, 0.2) is 0 Å². The lowest BCUT2D eigenvalue weighted by atomic mass is 9.94. The monoisotopic (exact) mass is 269 g/mol. The number of nitrogens with zero attached hydrogens (tertiary/aromatic N) is 2. The molecule has 0 spiro atoms. The van der Waals surface area contributed by atoms with E-state index in [1.54, 1.807) is 24.0 Å². The van der Waals surface area contributed by atoms with Gasteiger partial charge in [-0.25, -0.2) is 4.98 Å². The number of rotatable bonds is 1. The van der Waals surface area contributed by atoms with Crippen LogP contribution in [0.1, 0.15) is 30.3 Å². The van der Waals surface area contributed by atoms with Crippen molar-refractivity contribution in [3.05, 3.63) is 22.8 Å². The molecule has 1 saturated heterocycles. The summed E-state index contributed by atoms with van der Waals surface area (Å²) < 4.78 is 0. The summed E-state index contributed by atoms with van der Waals surface area (Å²) in [5, 5.41) is 10.1. The lowest BCUT2D eigenvalue weighted by Gasteiger charge is -2.35. The smallest absolute Gasteiger partial charge is 0.274 e. The van der Waals surface area contributed by atoms with E-state index in [0.717, 1.165) is 0 Å². The maximum atomic E-state index is 12.2. The highest BCUT2D eigenvalue weighted by molar-refractivity contribution is 6.33. The maximum Gasteiger partial charge on any atom is 0.274 e. The molecule has 1 amide bonds. The largest absolute Gasteiger partial charge is 0.390 e. The summed E-state index contributed by atoms with van der Waals surface area (Å²) in [6.07, 6.45) is 1.11. The molecule has 6 heteroatoms. The van der Waals surface area contributed by atoms with Gasteiger partial charge in [0, 0.05) is 13.1 Å². The third-order valence-corrected chi connectivity index (χ3v) is 3.50. The van der Waals surface area contributed by atoms with Gasteiger partial charge in [-0.1, -0.05) is 11.6 Å². The summed E-state index contributed by atoms with van der Waals surface area (Å²) in [4.78, 5) is 17.8. The van der Waals surface area contributed by atoms with E-state index in [1.165, 1.54) is 0 Å². The van der Waals surface area contributed by atoms with Gasteiger partial charge in [-0.05, 0) is 31.9 Å². The second kappa shape index (κ2) is 4.74. The summed E-state index contributed by atoms with van der Waals surface area (Å²) in [7, 11) is 0. The molecular weight excluding hydrogens is 254 g/mol. The first-order valence-electron chi connectivity index (χ1n) is 5.83. The quantitative estimate of drug-likeness (QED) is 0.805. The number of hydrogen-bond acceptors (Lipinski definition) is 4. The van der Waals surface area contributed by atoms with Crippen LogP contribution < -0.4 is 5.73 Å². The molecule has 1 aliphatic rings. The Hall–Kier alpha value is -1.33. The van der Waals surface area contributed by atoms with Gasteiger partial charge >= 0.3 is 0 Å². The lowest BCUT2D eigenvalue weighted by Crippen LogP contribution is -2.45. The first-order chi connectivity index (χ1) is 8.39. The third-order valence-electron chi connectivity index (χ3n) is 3.20. The van der Waals surface area contributed by atoms with Crippen molar-refractivity contribution in [3.63, 3.8) is 0 Å². The zero-order valence-corrected chi connectivity index (χ0v) is 10.9. The first-order valence-corrected chi connectivity index (χ1v) is 6.20. The standard InChI is InChI=1S/C12H16ClN3O2/c1-12(18)4-6-16(7-5-12)11(17)10-8(13)2-3-9(14)15-10/h2-3,18H,4-7H2,1H3,(H2,14,15). The molecule has 0 atom stereocenters. The molecule has 5 nitrogen and oxygen atoms in total. The number of hydrogen-bond donors (Lipinski definition) is 2. The number of nitrogen functional groups attached to an aromatic ring is 1. The molecule has 3 N–H and O–H groups in total. The molecule has 98 valence electrons. The van der Waals surface area contributed by atoms with Gasteiger partial charge in [-0.15, -0.1) is 0 Å². The summed E-state index contributed by atoms with van der Waals surface area (Å²) in [6, 6.07) is 3.12. The van der Waals surface area contributed by atoms with Crippen molar-refractivity contribution >= 4 is 23.3 Å². The Labute approximate surface area is 111 Å². The van der Waals surface area contributed by atoms with Crippen LogP contribution in [0.3, 0.4) is 0 Å². The Balaban J connectivity index is 2.15. The van der Waals surface area contributed by atoms with Crippen molar-refractivity contribution in [2.24, 2.45) is 0 Å². The summed E-state index contributed by atoms with van der Waals surface area (Å²) >= 11 is 5.95. The first kappa shape index (κ1) is 13.1. The minimum Gasteiger partial charge on any atom is -0.390 e. The Morgan fingerprint density at radius 3 is 2.72 bits per heavy atom. The highest BCUT2D eigenvalue weighted by Crippen LogP contribution is 2.24. The molecule has 1 aromatic rings. The van der Waals surface area contributed by atoms with Crippen LogP contribution in [0.25, 0.3) is 0 Å². The van der Waals surface area contributed by atoms with Gasteiger partial charge in [0.25, 0.3) is 5.91 Å². The van der Waals surface area contributed by atoms with E-state index in [0.29, 0.717) is 31.0 Å². The van der Waals surface area contributed by atoms with Crippen molar-refractivity contribution in [2.45, 2.75) is 25.4 Å². The number of aliphatic hydroxyl groups is 1. The van der Waals surface area contributed by atoms with Gasteiger partial charge in [0.1, 0.15) is 11.5 Å². The van der Waals surface area contributed by atoms with E-state index >= 15 is 0 Å². The number of piperidine rings is 1. The molecule has 0 unspecified atom stereocenters. The molecule has 1 aromatic heterocycles. The molecule has 0 aliphatic carbocycles. The van der Waals surface area contributed by atoms with E-state index in [2.05, 4.69) is 4.98 Å². The van der Waals surface area contributed by atoms with Crippen LogP contribution in [0.5, 0.6) is 0 Å². The summed E-state index contributed by atoms with van der Waals surface area (Å²) in [5.41, 5.74) is 5.05. The van der Waals surface area contributed by atoms with Crippen molar-refractivity contribution in [2.75, 3.05) is 18.8 Å². The average Bonchev–Trinajstić information content (AvgIpc) is 2.31. The lowest BCUT2D eigenvalue weighted by molar-refractivity contribution is -0.00218. The number of amides is 1. The zero-order valence-electron chi connectivity index (χ0n) is 10.2. The molecule has 2 rings (SSSR count). The molecule has 1 aliphatic heterocycles. The molecule has 0 saturated carbocycles. The topological polar surface area (TPSA) is 79.5 Å². The highest BCUT2D eigenvalue weighted by atomic mass is 35.5. The second-order valence-electron chi connectivity index (χ2n) is 4.86. The van der Waals surface area contributed by atoms with Crippen LogP contribution in [0, 0.1) is 0 Å². The number of aromatic nitrogens is 1. The van der Waals surface area contributed by atoms with Crippen molar-refractivity contribution in [1.82, 2.24) is 9.88 Å². The Morgan fingerprint density at radius 2 is 2.11 bits per heavy atom. The SMILES string of the molecule is CC1(O)CCN(C(=O)c2nc(N)ccc2Cl)CC1. The van der Waals surface area contributed by atoms with E-state index < -0.39 is 5.60 Å². The average molecular weight is 270 g/mol. The third kappa shape index (κ3) is 2.73. The van der Waals surface area contributed by atoms with Crippen LogP contribution in [0.15, 0.2) is 12.1 Å². The number of nitrogens with two attached hydrogens (primary N) is 1. The number of carbonyl (C=O) groups is 1. The Kier molecular flexibility index (Phi) is 3.45. The van der Waals surface area contributed by atoms with Crippen molar-refractivity contribution in [3.8, 4) is 0 Å². The van der Waals surface area contributed by atoms with Crippen LogP contribution in [0.4, 0.5) is 5.82 Å².